The number of hydrogen-bond acceptors (Lipinski definition) is 5. The number of carbonyl (C=O) groups is 1. The standard InChI is InChI=1S/C30H40O5/c1-2-3-5-12-24(31)14-15-25-26-16-22-11-8-13-29(27(22)17-23(26)18-28(25)32)34-20-30(33)35-19-21-9-6-4-7-10-21/h4,6-11,13,23-26,28,31-32H,2-3,5,12,14-20H2,1H3/t23-,24-,25+,26-,28+/m0/s1. The Hall–Kier alpha value is -2.37. The van der Waals surface area contributed by atoms with Crippen molar-refractivity contribution in [3.05, 3.63) is 65.2 Å². The molecule has 2 aliphatic carbocycles. The van der Waals surface area contributed by atoms with Gasteiger partial charge in [0.2, 0.25) is 0 Å². The highest BCUT2D eigenvalue weighted by atomic mass is 16.6. The van der Waals surface area contributed by atoms with E-state index < -0.39 is 0 Å². The van der Waals surface area contributed by atoms with E-state index in [1.807, 2.05) is 42.5 Å². The number of ether oxygens (including phenoxy) is 2. The molecule has 5 nitrogen and oxygen atoms in total. The second kappa shape index (κ2) is 12.5. The summed E-state index contributed by atoms with van der Waals surface area (Å²) in [4.78, 5) is 12.2. The third-order valence-electron chi connectivity index (χ3n) is 7.91. The topological polar surface area (TPSA) is 76.0 Å². The van der Waals surface area contributed by atoms with Gasteiger partial charge < -0.3 is 19.7 Å². The van der Waals surface area contributed by atoms with Gasteiger partial charge in [-0.1, -0.05) is 68.7 Å². The van der Waals surface area contributed by atoms with Crippen LogP contribution in [-0.4, -0.2) is 35.0 Å². The zero-order valence-electron chi connectivity index (χ0n) is 20.9. The minimum absolute atomic E-state index is 0.113. The molecule has 0 unspecified atom stereocenters. The number of carbonyl (C=O) groups excluding carboxylic acids is 1. The maximum atomic E-state index is 12.2. The molecule has 5 heteroatoms. The molecule has 1 fully saturated rings. The molecule has 0 heterocycles. The Morgan fingerprint density at radius 1 is 1.06 bits per heavy atom. The van der Waals surface area contributed by atoms with Crippen molar-refractivity contribution in [2.75, 3.05) is 6.61 Å². The first-order valence-electron chi connectivity index (χ1n) is 13.3. The summed E-state index contributed by atoms with van der Waals surface area (Å²) in [6.45, 7) is 2.31. The fraction of sp³-hybridized carbons (Fsp3) is 0.567. The monoisotopic (exact) mass is 480 g/mol. The predicted molar refractivity (Wildman–Crippen MR) is 136 cm³/mol. The lowest BCUT2D eigenvalue weighted by Gasteiger charge is -2.32. The van der Waals surface area contributed by atoms with Crippen LogP contribution in [0.1, 0.15) is 68.6 Å². The Balaban J connectivity index is 1.31. The van der Waals surface area contributed by atoms with Crippen LogP contribution in [0.4, 0.5) is 0 Å². The van der Waals surface area contributed by atoms with Crippen LogP contribution in [0, 0.1) is 17.8 Å². The number of benzene rings is 2. The zero-order valence-corrected chi connectivity index (χ0v) is 20.9. The number of fused-ring (bicyclic) bond motifs is 2. The fourth-order valence-electron chi connectivity index (χ4n) is 6.01. The molecule has 0 bridgehead atoms. The molecule has 2 N–H and O–H groups in total. The smallest absolute Gasteiger partial charge is 0.344 e. The van der Waals surface area contributed by atoms with Crippen molar-refractivity contribution in [2.45, 2.75) is 83.5 Å². The first-order valence-corrected chi connectivity index (χ1v) is 13.3. The summed E-state index contributed by atoms with van der Waals surface area (Å²) in [6.07, 6.45) is 7.94. The van der Waals surface area contributed by atoms with E-state index in [2.05, 4.69) is 13.0 Å². The molecule has 0 aromatic heterocycles. The van der Waals surface area contributed by atoms with Crippen LogP contribution in [0.2, 0.25) is 0 Å². The van der Waals surface area contributed by atoms with E-state index in [0.717, 1.165) is 68.2 Å². The highest BCUT2D eigenvalue weighted by molar-refractivity contribution is 5.71. The summed E-state index contributed by atoms with van der Waals surface area (Å²) in [5.74, 6) is 1.46. The summed E-state index contributed by atoms with van der Waals surface area (Å²) in [5, 5.41) is 21.2. The van der Waals surface area contributed by atoms with Crippen LogP contribution in [-0.2, 0) is 29.0 Å². The van der Waals surface area contributed by atoms with E-state index in [1.54, 1.807) is 0 Å². The average Bonchev–Trinajstić information content (AvgIpc) is 3.18. The number of esters is 1. The molecule has 0 radical (unpaired) electrons. The van der Waals surface area contributed by atoms with Crippen LogP contribution in [0.5, 0.6) is 5.75 Å². The molecular weight excluding hydrogens is 440 g/mol. The minimum Gasteiger partial charge on any atom is -0.482 e. The van der Waals surface area contributed by atoms with Crippen LogP contribution in [0.25, 0.3) is 0 Å². The molecule has 2 aliphatic rings. The molecule has 5 atom stereocenters. The van der Waals surface area contributed by atoms with Crippen molar-refractivity contribution in [2.24, 2.45) is 17.8 Å². The Bertz CT molecular complexity index is 943. The number of aliphatic hydroxyl groups is 2. The third-order valence-corrected chi connectivity index (χ3v) is 7.91. The van der Waals surface area contributed by atoms with Gasteiger partial charge in [0.25, 0.3) is 0 Å². The zero-order chi connectivity index (χ0) is 24.6. The van der Waals surface area contributed by atoms with E-state index in [4.69, 9.17) is 9.47 Å². The molecule has 2 aromatic rings. The molecule has 4 rings (SSSR count). The maximum Gasteiger partial charge on any atom is 0.344 e. The number of hydrogen-bond donors (Lipinski definition) is 2. The minimum atomic E-state index is -0.381. The van der Waals surface area contributed by atoms with Crippen LogP contribution in [0.15, 0.2) is 48.5 Å². The number of unbranched alkanes of at least 4 members (excludes halogenated alkanes) is 2. The van der Waals surface area contributed by atoms with Crippen molar-refractivity contribution in [3.63, 3.8) is 0 Å². The van der Waals surface area contributed by atoms with E-state index >= 15 is 0 Å². The summed E-state index contributed by atoms with van der Waals surface area (Å²) in [7, 11) is 0. The van der Waals surface area contributed by atoms with E-state index in [1.165, 1.54) is 12.0 Å². The number of rotatable bonds is 12. The first-order chi connectivity index (χ1) is 17.0. The van der Waals surface area contributed by atoms with Crippen LogP contribution < -0.4 is 4.74 Å². The van der Waals surface area contributed by atoms with Crippen molar-refractivity contribution in [1.29, 1.82) is 0 Å². The molecule has 190 valence electrons. The highest BCUT2D eigenvalue weighted by Crippen LogP contribution is 2.48. The van der Waals surface area contributed by atoms with Gasteiger partial charge >= 0.3 is 5.97 Å². The van der Waals surface area contributed by atoms with Gasteiger partial charge in [0, 0.05) is 0 Å². The predicted octanol–water partition coefficient (Wildman–Crippen LogP) is 5.24. The molecule has 0 amide bonds. The van der Waals surface area contributed by atoms with Gasteiger partial charge in [-0.25, -0.2) is 4.79 Å². The van der Waals surface area contributed by atoms with Crippen molar-refractivity contribution in [3.8, 4) is 5.75 Å². The van der Waals surface area contributed by atoms with Gasteiger partial charge in [0.15, 0.2) is 6.61 Å². The number of aliphatic hydroxyl groups excluding tert-OH is 2. The fourth-order valence-corrected chi connectivity index (χ4v) is 6.01. The summed E-state index contributed by atoms with van der Waals surface area (Å²) >= 11 is 0. The summed E-state index contributed by atoms with van der Waals surface area (Å²) in [5.41, 5.74) is 3.37. The second-order valence-corrected chi connectivity index (χ2v) is 10.4. The SMILES string of the molecule is CCCCC[C@H](O)CC[C@@H]1[C@H]2Cc3cccc(OCC(=O)OCc4ccccc4)c3C[C@H]2C[C@H]1O. The van der Waals surface area contributed by atoms with Crippen molar-refractivity contribution < 1.29 is 24.5 Å². The molecule has 35 heavy (non-hydrogen) atoms. The van der Waals surface area contributed by atoms with Crippen LogP contribution in [0.3, 0.4) is 0 Å². The van der Waals surface area contributed by atoms with Gasteiger partial charge in [-0.2, -0.15) is 0 Å². The lowest BCUT2D eigenvalue weighted by molar-refractivity contribution is -0.147. The van der Waals surface area contributed by atoms with Gasteiger partial charge in [0.1, 0.15) is 12.4 Å². The lowest BCUT2D eigenvalue weighted by Crippen LogP contribution is -2.28. The second-order valence-electron chi connectivity index (χ2n) is 10.4. The average molecular weight is 481 g/mol. The molecule has 0 spiro atoms. The molecule has 1 saturated carbocycles. The van der Waals surface area contributed by atoms with Gasteiger partial charge in [-0.3, -0.25) is 0 Å². The van der Waals surface area contributed by atoms with Gasteiger partial charge in [-0.15, -0.1) is 0 Å². The Morgan fingerprint density at radius 3 is 2.69 bits per heavy atom. The lowest BCUT2D eigenvalue weighted by atomic mass is 9.73. The Labute approximate surface area is 209 Å². The summed E-state index contributed by atoms with van der Waals surface area (Å²) in [6, 6.07) is 15.7. The van der Waals surface area contributed by atoms with Crippen LogP contribution >= 0.6 is 0 Å². The summed E-state index contributed by atoms with van der Waals surface area (Å²) < 4.78 is 11.3. The molecule has 2 aromatic carbocycles. The normalized spacial score (nSPS) is 23.9. The maximum absolute atomic E-state index is 12.2. The largest absolute Gasteiger partial charge is 0.482 e. The van der Waals surface area contributed by atoms with E-state index in [-0.39, 0.29) is 37.3 Å². The first kappa shape index (κ1) is 25.7. The van der Waals surface area contributed by atoms with E-state index in [9.17, 15) is 15.0 Å². The highest BCUT2D eigenvalue weighted by Gasteiger charge is 2.44. The quantitative estimate of drug-likeness (QED) is 0.321. The van der Waals surface area contributed by atoms with Gasteiger partial charge in [0.05, 0.1) is 12.2 Å². The van der Waals surface area contributed by atoms with E-state index in [0.29, 0.717) is 11.8 Å². The molecule has 0 aliphatic heterocycles. The Kier molecular flexibility index (Phi) is 9.22. The Morgan fingerprint density at radius 2 is 1.89 bits per heavy atom. The van der Waals surface area contributed by atoms with Crippen molar-refractivity contribution in [1.82, 2.24) is 0 Å². The molecular formula is C30H40O5. The van der Waals surface area contributed by atoms with Crippen molar-refractivity contribution >= 4 is 5.97 Å². The molecule has 0 saturated heterocycles. The van der Waals surface area contributed by atoms with Gasteiger partial charge in [-0.05, 0) is 79.0 Å². The third kappa shape index (κ3) is 6.86.